The van der Waals surface area contributed by atoms with Gasteiger partial charge < -0.3 is 14.8 Å². The van der Waals surface area contributed by atoms with Crippen LogP contribution in [0, 0.1) is 0 Å². The molecular weight excluding hydrogens is 330 g/mol. The number of halogens is 1. The van der Waals surface area contributed by atoms with E-state index in [-0.39, 0.29) is 24.5 Å². The van der Waals surface area contributed by atoms with Gasteiger partial charge in [0, 0.05) is 30.2 Å². The molecule has 126 valence electrons. The number of nitrogens with one attached hydrogen (secondary N) is 1. The van der Waals surface area contributed by atoms with E-state index in [2.05, 4.69) is 5.32 Å². The van der Waals surface area contributed by atoms with E-state index in [0.717, 1.165) is 0 Å². The molecule has 0 aliphatic heterocycles. The number of carbonyl (C=O) groups excluding carboxylic acids is 2. The molecule has 0 aromatic heterocycles. The Morgan fingerprint density at radius 3 is 2.38 bits per heavy atom. The number of benzene rings is 2. The molecule has 0 saturated carbocycles. The summed E-state index contributed by atoms with van der Waals surface area (Å²) in [7, 11) is 3.06. The number of anilines is 1. The lowest BCUT2D eigenvalue weighted by molar-refractivity contribution is -0.116. The highest BCUT2D eigenvalue weighted by molar-refractivity contribution is 6.34. The second kappa shape index (κ2) is 8.36. The summed E-state index contributed by atoms with van der Waals surface area (Å²) < 4.78 is 10.3. The number of carbonyl (C=O) groups is 2. The summed E-state index contributed by atoms with van der Waals surface area (Å²) in [4.78, 5) is 24.1. The van der Waals surface area contributed by atoms with Gasteiger partial charge in [0.25, 0.3) is 0 Å². The van der Waals surface area contributed by atoms with Crippen LogP contribution in [0.2, 0.25) is 5.02 Å². The molecule has 0 radical (unpaired) electrons. The molecule has 1 amide bonds. The molecule has 2 aromatic rings. The van der Waals surface area contributed by atoms with E-state index in [1.54, 1.807) is 42.5 Å². The minimum Gasteiger partial charge on any atom is -0.493 e. The Morgan fingerprint density at radius 1 is 1.00 bits per heavy atom. The SMILES string of the molecule is COc1ccc(NC(=O)CCC(=O)c2ccccc2Cl)cc1OC. The first-order chi connectivity index (χ1) is 11.5. The largest absolute Gasteiger partial charge is 0.493 e. The zero-order valence-corrected chi connectivity index (χ0v) is 14.2. The van der Waals surface area contributed by atoms with Crippen molar-refractivity contribution < 1.29 is 19.1 Å². The number of ketones is 1. The van der Waals surface area contributed by atoms with Gasteiger partial charge >= 0.3 is 0 Å². The maximum Gasteiger partial charge on any atom is 0.224 e. The average molecular weight is 348 g/mol. The third kappa shape index (κ3) is 4.49. The lowest BCUT2D eigenvalue weighted by Gasteiger charge is -2.10. The summed E-state index contributed by atoms with van der Waals surface area (Å²) in [5.41, 5.74) is 1.00. The van der Waals surface area contributed by atoms with E-state index in [0.29, 0.717) is 27.8 Å². The number of rotatable bonds is 7. The van der Waals surface area contributed by atoms with E-state index in [4.69, 9.17) is 21.1 Å². The molecule has 0 heterocycles. The van der Waals surface area contributed by atoms with Crippen LogP contribution in [-0.2, 0) is 4.79 Å². The molecule has 0 bridgehead atoms. The third-order valence-corrected chi connectivity index (χ3v) is 3.75. The van der Waals surface area contributed by atoms with Gasteiger partial charge in [-0.05, 0) is 24.3 Å². The first-order valence-electron chi connectivity index (χ1n) is 7.34. The summed E-state index contributed by atoms with van der Waals surface area (Å²) in [5.74, 6) is 0.664. The molecule has 0 fully saturated rings. The molecule has 0 unspecified atom stereocenters. The molecule has 0 aliphatic carbocycles. The van der Waals surface area contributed by atoms with Crippen molar-refractivity contribution in [2.45, 2.75) is 12.8 Å². The first-order valence-corrected chi connectivity index (χ1v) is 7.72. The van der Waals surface area contributed by atoms with Crippen molar-refractivity contribution in [2.24, 2.45) is 0 Å². The number of methoxy groups -OCH3 is 2. The standard InChI is InChI=1S/C18H18ClNO4/c1-23-16-9-7-12(11-17(16)24-2)20-18(22)10-8-15(21)13-5-3-4-6-14(13)19/h3-7,9,11H,8,10H2,1-2H3,(H,20,22). The molecule has 0 spiro atoms. The van der Waals surface area contributed by atoms with Crippen molar-refractivity contribution in [2.75, 3.05) is 19.5 Å². The fourth-order valence-corrected chi connectivity index (χ4v) is 2.43. The molecular formula is C18H18ClNO4. The number of amides is 1. The Bertz CT molecular complexity index is 746. The van der Waals surface area contributed by atoms with Crippen LogP contribution in [0.4, 0.5) is 5.69 Å². The average Bonchev–Trinajstić information content (AvgIpc) is 2.60. The number of hydrogen-bond donors (Lipinski definition) is 1. The van der Waals surface area contributed by atoms with E-state index in [1.165, 1.54) is 14.2 Å². The van der Waals surface area contributed by atoms with Crippen LogP contribution in [0.25, 0.3) is 0 Å². The Morgan fingerprint density at radius 2 is 1.71 bits per heavy atom. The minimum atomic E-state index is -0.261. The molecule has 6 heteroatoms. The zero-order chi connectivity index (χ0) is 17.5. The van der Waals surface area contributed by atoms with E-state index >= 15 is 0 Å². The predicted molar refractivity (Wildman–Crippen MR) is 93.2 cm³/mol. The maximum absolute atomic E-state index is 12.1. The van der Waals surface area contributed by atoms with Crippen LogP contribution >= 0.6 is 11.6 Å². The van der Waals surface area contributed by atoms with E-state index in [1.807, 2.05) is 0 Å². The highest BCUT2D eigenvalue weighted by Gasteiger charge is 2.13. The van der Waals surface area contributed by atoms with E-state index in [9.17, 15) is 9.59 Å². The number of Topliss-reactive ketones (excluding diaryl/α,β-unsaturated/α-hetero) is 1. The van der Waals surface area contributed by atoms with Gasteiger partial charge in [0.2, 0.25) is 5.91 Å². The Balaban J connectivity index is 1.94. The van der Waals surface area contributed by atoms with Crippen LogP contribution in [0.15, 0.2) is 42.5 Å². The van der Waals surface area contributed by atoms with Gasteiger partial charge in [-0.15, -0.1) is 0 Å². The molecule has 2 rings (SSSR count). The van der Waals surface area contributed by atoms with Gasteiger partial charge in [0.05, 0.1) is 19.2 Å². The molecule has 5 nitrogen and oxygen atoms in total. The molecule has 0 atom stereocenters. The van der Waals surface area contributed by atoms with Crippen LogP contribution in [0.3, 0.4) is 0 Å². The van der Waals surface area contributed by atoms with Gasteiger partial charge in [0.15, 0.2) is 17.3 Å². The summed E-state index contributed by atoms with van der Waals surface area (Å²) in [6, 6.07) is 11.9. The Kier molecular flexibility index (Phi) is 6.21. The summed E-state index contributed by atoms with van der Waals surface area (Å²) in [6.45, 7) is 0. The second-order valence-electron chi connectivity index (χ2n) is 5.02. The van der Waals surface area contributed by atoms with Crippen molar-refractivity contribution in [1.29, 1.82) is 0 Å². The number of ether oxygens (including phenoxy) is 2. The van der Waals surface area contributed by atoms with Crippen LogP contribution in [-0.4, -0.2) is 25.9 Å². The number of hydrogen-bond acceptors (Lipinski definition) is 4. The van der Waals surface area contributed by atoms with Crippen LogP contribution in [0.1, 0.15) is 23.2 Å². The maximum atomic E-state index is 12.1. The van der Waals surface area contributed by atoms with Gasteiger partial charge in [-0.3, -0.25) is 9.59 Å². The zero-order valence-electron chi connectivity index (χ0n) is 13.5. The smallest absolute Gasteiger partial charge is 0.224 e. The van der Waals surface area contributed by atoms with Crippen molar-refractivity contribution in [1.82, 2.24) is 0 Å². The quantitative estimate of drug-likeness (QED) is 0.770. The highest BCUT2D eigenvalue weighted by Crippen LogP contribution is 2.29. The first kappa shape index (κ1) is 17.8. The second-order valence-corrected chi connectivity index (χ2v) is 5.43. The topological polar surface area (TPSA) is 64.6 Å². The normalized spacial score (nSPS) is 10.1. The van der Waals surface area contributed by atoms with Crippen LogP contribution in [0.5, 0.6) is 11.5 Å². The van der Waals surface area contributed by atoms with Gasteiger partial charge in [-0.2, -0.15) is 0 Å². The molecule has 1 N–H and O–H groups in total. The monoisotopic (exact) mass is 347 g/mol. The Hall–Kier alpha value is -2.53. The lowest BCUT2D eigenvalue weighted by Crippen LogP contribution is -2.13. The predicted octanol–water partition coefficient (Wildman–Crippen LogP) is 3.96. The van der Waals surface area contributed by atoms with Crippen molar-refractivity contribution in [3.05, 3.63) is 53.1 Å². The van der Waals surface area contributed by atoms with Crippen molar-refractivity contribution in [3.8, 4) is 11.5 Å². The Labute approximate surface area is 145 Å². The fraction of sp³-hybridized carbons (Fsp3) is 0.222. The van der Waals surface area contributed by atoms with E-state index < -0.39 is 0 Å². The fourth-order valence-electron chi connectivity index (χ4n) is 2.19. The minimum absolute atomic E-state index is 0.0679. The highest BCUT2D eigenvalue weighted by atomic mass is 35.5. The summed E-state index contributed by atoms with van der Waals surface area (Å²) in [5, 5.41) is 3.12. The summed E-state index contributed by atoms with van der Waals surface area (Å²) >= 11 is 5.98. The van der Waals surface area contributed by atoms with Gasteiger partial charge in [-0.25, -0.2) is 0 Å². The van der Waals surface area contributed by atoms with Gasteiger partial charge in [0.1, 0.15) is 0 Å². The van der Waals surface area contributed by atoms with Crippen LogP contribution < -0.4 is 14.8 Å². The third-order valence-electron chi connectivity index (χ3n) is 3.42. The van der Waals surface area contributed by atoms with Crippen molar-refractivity contribution >= 4 is 29.0 Å². The summed E-state index contributed by atoms with van der Waals surface area (Å²) in [6.07, 6.45) is 0.154. The lowest BCUT2D eigenvalue weighted by atomic mass is 10.1. The van der Waals surface area contributed by atoms with Crippen molar-refractivity contribution in [3.63, 3.8) is 0 Å². The van der Waals surface area contributed by atoms with Gasteiger partial charge in [-0.1, -0.05) is 23.7 Å². The molecule has 2 aromatic carbocycles. The molecule has 0 aliphatic rings. The molecule has 24 heavy (non-hydrogen) atoms. The molecule has 0 saturated heterocycles.